The number of hydrogen-bond acceptors (Lipinski definition) is 2. The summed E-state index contributed by atoms with van der Waals surface area (Å²) in [6.45, 7) is 4.09. The third-order valence-electron chi connectivity index (χ3n) is 4.90. The molecule has 0 spiro atoms. The molecule has 0 fully saturated rings. The Morgan fingerprint density at radius 1 is 0.545 bits per heavy atom. The van der Waals surface area contributed by atoms with Crippen LogP contribution in [0.1, 0.15) is 22.3 Å². The van der Waals surface area contributed by atoms with Gasteiger partial charge in [0, 0.05) is 0 Å². The Hall–Kier alpha value is -3.52. The van der Waals surface area contributed by atoms with Crippen molar-refractivity contribution in [1.29, 1.82) is 0 Å². The summed E-state index contributed by atoms with van der Waals surface area (Å²) in [6.07, 6.45) is 21.7. The molecule has 0 bridgehead atoms. The summed E-state index contributed by atoms with van der Waals surface area (Å²) in [5.41, 5.74) is 6.02. The van der Waals surface area contributed by atoms with E-state index in [0.717, 1.165) is 22.3 Å². The zero-order valence-electron chi connectivity index (χ0n) is 18.7. The number of rotatable bonds is 4. The molecule has 2 aliphatic carbocycles. The van der Waals surface area contributed by atoms with Crippen LogP contribution < -0.4 is 10.2 Å². The summed E-state index contributed by atoms with van der Waals surface area (Å²) in [5, 5.41) is 23.3. The quantitative estimate of drug-likeness (QED) is 0.434. The molecule has 2 aromatic rings. The van der Waals surface area contributed by atoms with E-state index < -0.39 is 0 Å². The van der Waals surface area contributed by atoms with E-state index in [-0.39, 0.29) is 28.6 Å². The van der Waals surface area contributed by atoms with Crippen LogP contribution in [-0.4, -0.2) is 0 Å². The molecule has 2 aromatic carbocycles. The molecule has 4 rings (SSSR count). The number of allylic oxidation sites excluding steroid dienone is 12. The van der Waals surface area contributed by atoms with Crippen LogP contribution in [0.5, 0.6) is 0 Å². The van der Waals surface area contributed by atoms with Crippen molar-refractivity contribution in [2.75, 3.05) is 0 Å². The minimum atomic E-state index is 0. The second-order valence-electron chi connectivity index (χ2n) is 7.56. The van der Waals surface area contributed by atoms with Gasteiger partial charge in [0.05, 0.1) is 0 Å². The van der Waals surface area contributed by atoms with Crippen LogP contribution >= 0.6 is 0 Å². The van der Waals surface area contributed by atoms with E-state index in [1.54, 1.807) is 12.2 Å². The van der Waals surface area contributed by atoms with E-state index in [1.165, 1.54) is 11.1 Å². The number of benzene rings is 2. The van der Waals surface area contributed by atoms with E-state index >= 15 is 0 Å². The van der Waals surface area contributed by atoms with Crippen LogP contribution in [0.2, 0.25) is 0 Å². The fraction of sp³-hybridized carbons (Fsp3) is 0.0667. The first-order valence-electron chi connectivity index (χ1n) is 10.5. The van der Waals surface area contributed by atoms with Crippen LogP contribution in [0.4, 0.5) is 0 Å². The van der Waals surface area contributed by atoms with Gasteiger partial charge in [0.2, 0.25) is 0 Å². The van der Waals surface area contributed by atoms with Gasteiger partial charge in [-0.15, -0.1) is 11.5 Å². The first-order chi connectivity index (χ1) is 15.5. The Morgan fingerprint density at radius 3 is 1.15 bits per heavy atom. The predicted octanol–water partition coefficient (Wildman–Crippen LogP) is 5.49. The molecule has 166 valence electrons. The molecule has 0 aliphatic heterocycles. The average molecular weight is 474 g/mol. The van der Waals surface area contributed by atoms with Crippen LogP contribution in [-0.2, 0) is 17.1 Å². The first kappa shape index (κ1) is 25.7. The summed E-state index contributed by atoms with van der Waals surface area (Å²) in [5.74, 6) is 0.0937. The smallest absolute Gasteiger partial charge is 0.872 e. The molecule has 0 N–H and O–H groups in total. The van der Waals surface area contributed by atoms with E-state index in [4.69, 9.17) is 0 Å². The summed E-state index contributed by atoms with van der Waals surface area (Å²) in [7, 11) is 0. The fourth-order valence-electron chi connectivity index (χ4n) is 2.97. The Balaban J connectivity index is 0.000000227. The van der Waals surface area contributed by atoms with Gasteiger partial charge in [-0.2, -0.15) is 0 Å². The summed E-state index contributed by atoms with van der Waals surface area (Å²) in [4.78, 5) is 0. The van der Waals surface area contributed by atoms with Gasteiger partial charge in [-0.3, -0.25) is 0 Å². The molecule has 0 aromatic heterocycles. The van der Waals surface area contributed by atoms with E-state index in [0.29, 0.717) is 0 Å². The third kappa shape index (κ3) is 8.50. The summed E-state index contributed by atoms with van der Waals surface area (Å²) >= 11 is 0. The molecule has 0 atom stereocenters. The monoisotopic (exact) mass is 474 g/mol. The van der Waals surface area contributed by atoms with Crippen LogP contribution in [0.15, 0.2) is 132 Å². The molecule has 2 nitrogen and oxygen atoms in total. The molecule has 2 aliphatic rings. The van der Waals surface area contributed by atoms with Crippen molar-refractivity contribution in [1.82, 2.24) is 0 Å². The number of hydrogen-bond donors (Lipinski definition) is 0. The summed E-state index contributed by atoms with van der Waals surface area (Å²) < 4.78 is 0. The Kier molecular flexibility index (Phi) is 10.2. The molecule has 0 heterocycles. The van der Waals surface area contributed by atoms with Crippen molar-refractivity contribution >= 4 is 12.2 Å². The van der Waals surface area contributed by atoms with Gasteiger partial charge >= 0.3 is 17.1 Å². The van der Waals surface area contributed by atoms with Crippen molar-refractivity contribution < 1.29 is 27.3 Å². The zero-order valence-corrected chi connectivity index (χ0v) is 19.8. The van der Waals surface area contributed by atoms with Crippen molar-refractivity contribution in [3.63, 3.8) is 0 Å². The maximum Gasteiger partial charge on any atom is 2.00 e. The SMILES string of the molecule is Cc1ccc(C=CC([O-])=C2C=CC=C2)cc1.Cc1ccc(C=CC([O-])=C2C=CC=C2)cc1.[Fe+2]. The fourth-order valence-corrected chi connectivity index (χ4v) is 2.97. The third-order valence-corrected chi connectivity index (χ3v) is 4.90. The van der Waals surface area contributed by atoms with Gasteiger partial charge in [0.1, 0.15) is 0 Å². The largest absolute Gasteiger partial charge is 2.00 e. The van der Waals surface area contributed by atoms with Crippen molar-refractivity contribution in [3.8, 4) is 0 Å². The normalized spacial score (nSPS) is 13.5. The molecule has 0 amide bonds. The Labute approximate surface area is 207 Å². The average Bonchev–Trinajstić information content (AvgIpc) is 3.53. The van der Waals surface area contributed by atoms with Gasteiger partial charge in [0.25, 0.3) is 0 Å². The Bertz CT molecular complexity index is 1040. The van der Waals surface area contributed by atoms with Crippen molar-refractivity contribution in [2.45, 2.75) is 13.8 Å². The summed E-state index contributed by atoms with van der Waals surface area (Å²) in [6, 6.07) is 16.2. The van der Waals surface area contributed by atoms with Crippen LogP contribution in [0.25, 0.3) is 12.2 Å². The first-order valence-corrected chi connectivity index (χ1v) is 10.5. The van der Waals surface area contributed by atoms with Gasteiger partial charge in [-0.1, -0.05) is 133 Å². The zero-order chi connectivity index (χ0) is 22.8. The minimum Gasteiger partial charge on any atom is -0.872 e. The molecule has 0 saturated heterocycles. The molecule has 0 saturated carbocycles. The van der Waals surface area contributed by atoms with E-state index in [2.05, 4.69) is 0 Å². The van der Waals surface area contributed by atoms with Gasteiger partial charge in [0.15, 0.2) is 0 Å². The maximum atomic E-state index is 11.7. The van der Waals surface area contributed by atoms with Crippen LogP contribution in [0, 0.1) is 13.8 Å². The van der Waals surface area contributed by atoms with Gasteiger partial charge in [-0.05, 0) is 36.1 Å². The second-order valence-corrected chi connectivity index (χ2v) is 7.56. The van der Waals surface area contributed by atoms with Crippen molar-refractivity contribution in [2.24, 2.45) is 0 Å². The Morgan fingerprint density at radius 2 is 0.848 bits per heavy atom. The molecular weight excluding hydrogens is 448 g/mol. The maximum absolute atomic E-state index is 11.7. The molecular formula is C30H26FeO2. The molecule has 33 heavy (non-hydrogen) atoms. The van der Waals surface area contributed by atoms with Gasteiger partial charge in [-0.25, -0.2) is 0 Å². The molecule has 0 radical (unpaired) electrons. The predicted molar refractivity (Wildman–Crippen MR) is 131 cm³/mol. The number of aryl methyl sites for hydroxylation is 2. The second kappa shape index (κ2) is 13.1. The van der Waals surface area contributed by atoms with E-state index in [9.17, 15) is 10.2 Å². The van der Waals surface area contributed by atoms with Crippen LogP contribution in [0.3, 0.4) is 0 Å². The molecule has 0 unspecified atom stereocenters. The van der Waals surface area contributed by atoms with Crippen molar-refractivity contribution in [3.05, 3.63) is 154 Å². The van der Waals surface area contributed by atoms with E-state index in [1.807, 2.05) is 123 Å². The molecule has 3 heteroatoms. The minimum absolute atomic E-state index is 0. The standard InChI is InChI=1S/2C15H14O.Fe/c2*1-12-6-8-13(9-7-12)10-11-15(16)14-4-2-3-5-14;/h2*2-11,16H,1H3;/q;;+2/p-2. The van der Waals surface area contributed by atoms with Gasteiger partial charge < -0.3 is 10.2 Å². The topological polar surface area (TPSA) is 46.1 Å².